The van der Waals surface area contributed by atoms with Gasteiger partial charge in [0.15, 0.2) is 5.78 Å². The Morgan fingerprint density at radius 2 is 1.67 bits per heavy atom. The molecule has 4 rings (SSSR count). The molecule has 6 nitrogen and oxygen atoms in total. The Balaban J connectivity index is 1.38. The number of ketones is 1. The van der Waals surface area contributed by atoms with E-state index in [0.29, 0.717) is 26.2 Å². The summed E-state index contributed by atoms with van der Waals surface area (Å²) >= 11 is 0. The maximum atomic E-state index is 12.9. The molecule has 0 aliphatic carbocycles. The fraction of sp³-hybridized carbons (Fsp3) is 0.261. The number of Topliss-reactive ketones (excluding diaryl/α,β-unsaturated/α-hetero) is 1. The lowest BCUT2D eigenvalue weighted by Gasteiger charge is -2.32. The van der Waals surface area contributed by atoms with E-state index in [2.05, 4.69) is 4.98 Å². The number of sulfonamides is 1. The number of aromatic amines is 1. The SMILES string of the molecule is Cc1[nH]c2ccccc2c1C(=O)CN1CCN(S(=O)(=O)/C=C/c2ccccc2)CC1. The molecule has 0 unspecified atom stereocenters. The Bertz CT molecular complexity index is 1170. The largest absolute Gasteiger partial charge is 0.358 e. The topological polar surface area (TPSA) is 73.5 Å². The lowest BCUT2D eigenvalue weighted by Crippen LogP contribution is -2.49. The summed E-state index contributed by atoms with van der Waals surface area (Å²) in [6.45, 7) is 4.02. The number of rotatable bonds is 6. The Hall–Kier alpha value is -2.74. The minimum Gasteiger partial charge on any atom is -0.358 e. The standard InChI is InChI=1S/C23H25N3O3S/c1-18-23(20-9-5-6-10-21(20)24-18)22(27)17-25-12-14-26(15-13-25)30(28,29)16-11-19-7-3-2-4-8-19/h2-11,16,24H,12-15,17H2,1H3/b16-11+. The molecular weight excluding hydrogens is 398 g/mol. The molecule has 1 saturated heterocycles. The van der Waals surface area contributed by atoms with Crippen molar-refractivity contribution < 1.29 is 13.2 Å². The smallest absolute Gasteiger partial charge is 0.236 e. The molecule has 1 N–H and O–H groups in total. The summed E-state index contributed by atoms with van der Waals surface area (Å²) in [6, 6.07) is 17.2. The van der Waals surface area contributed by atoms with E-state index in [9.17, 15) is 13.2 Å². The van der Waals surface area contributed by atoms with Gasteiger partial charge >= 0.3 is 0 Å². The number of fused-ring (bicyclic) bond motifs is 1. The number of hydrogen-bond donors (Lipinski definition) is 1. The maximum absolute atomic E-state index is 12.9. The molecule has 7 heteroatoms. The number of carbonyl (C=O) groups is 1. The first-order chi connectivity index (χ1) is 14.4. The zero-order valence-electron chi connectivity index (χ0n) is 16.9. The number of H-pyrrole nitrogens is 1. The van der Waals surface area contributed by atoms with Gasteiger partial charge in [0.25, 0.3) is 0 Å². The van der Waals surface area contributed by atoms with Gasteiger partial charge in [-0.05, 0) is 24.6 Å². The summed E-state index contributed by atoms with van der Waals surface area (Å²) in [5, 5.41) is 2.20. The average molecular weight is 424 g/mol. The molecule has 2 heterocycles. The second-order valence-corrected chi connectivity index (χ2v) is 9.35. The highest BCUT2D eigenvalue weighted by Crippen LogP contribution is 2.23. The van der Waals surface area contributed by atoms with Gasteiger partial charge in [0.05, 0.1) is 6.54 Å². The Kier molecular flexibility index (Phi) is 5.85. The molecule has 0 saturated carbocycles. The van der Waals surface area contributed by atoms with Crippen LogP contribution >= 0.6 is 0 Å². The number of nitrogens with one attached hydrogen (secondary N) is 1. The van der Waals surface area contributed by atoms with Crippen molar-refractivity contribution in [2.24, 2.45) is 0 Å². The monoisotopic (exact) mass is 423 g/mol. The van der Waals surface area contributed by atoms with Crippen molar-refractivity contribution in [2.45, 2.75) is 6.92 Å². The van der Waals surface area contributed by atoms with Crippen LogP contribution in [0.15, 0.2) is 60.0 Å². The van der Waals surface area contributed by atoms with Crippen molar-refractivity contribution in [2.75, 3.05) is 32.7 Å². The van der Waals surface area contributed by atoms with Gasteiger partial charge in [-0.3, -0.25) is 9.69 Å². The third-order valence-corrected chi connectivity index (χ3v) is 7.03. The molecule has 2 aromatic carbocycles. The molecule has 156 valence electrons. The van der Waals surface area contributed by atoms with Crippen LogP contribution in [-0.2, 0) is 10.0 Å². The number of piperazine rings is 1. The van der Waals surface area contributed by atoms with Gasteiger partial charge in [0.1, 0.15) is 0 Å². The number of aromatic nitrogens is 1. The van der Waals surface area contributed by atoms with Crippen LogP contribution in [0.3, 0.4) is 0 Å². The number of para-hydroxylation sites is 1. The third-order valence-electron chi connectivity index (χ3n) is 5.46. The van der Waals surface area contributed by atoms with Crippen LogP contribution in [0.25, 0.3) is 17.0 Å². The summed E-state index contributed by atoms with van der Waals surface area (Å²) in [5.41, 5.74) is 3.40. The average Bonchev–Trinajstić information content (AvgIpc) is 3.09. The number of benzene rings is 2. The maximum Gasteiger partial charge on any atom is 0.236 e. The number of hydrogen-bond acceptors (Lipinski definition) is 4. The minimum atomic E-state index is -3.48. The number of aryl methyl sites for hydroxylation is 1. The second kappa shape index (κ2) is 8.55. The molecule has 1 aliphatic rings. The summed E-state index contributed by atoms with van der Waals surface area (Å²) in [7, 11) is -3.48. The molecular formula is C23H25N3O3S. The number of carbonyl (C=O) groups excluding carboxylic acids is 1. The van der Waals surface area contributed by atoms with E-state index in [1.165, 1.54) is 9.71 Å². The van der Waals surface area contributed by atoms with Crippen LogP contribution in [0.5, 0.6) is 0 Å². The Labute approximate surface area is 176 Å². The van der Waals surface area contributed by atoms with Gasteiger partial charge in [-0.1, -0.05) is 48.5 Å². The highest BCUT2D eigenvalue weighted by atomic mass is 32.2. The number of nitrogens with zero attached hydrogens (tertiary/aromatic N) is 2. The van der Waals surface area contributed by atoms with E-state index >= 15 is 0 Å². The molecule has 3 aromatic rings. The van der Waals surface area contributed by atoms with Gasteiger partial charge < -0.3 is 4.98 Å². The van der Waals surface area contributed by atoms with E-state index in [1.807, 2.05) is 66.4 Å². The van der Waals surface area contributed by atoms with E-state index in [0.717, 1.165) is 27.7 Å². The van der Waals surface area contributed by atoms with Crippen LogP contribution < -0.4 is 0 Å². The quantitative estimate of drug-likeness (QED) is 0.618. The predicted octanol–water partition coefficient (Wildman–Crippen LogP) is 3.28. The van der Waals surface area contributed by atoms with Crippen LogP contribution in [0.2, 0.25) is 0 Å². The van der Waals surface area contributed by atoms with Crippen molar-refractivity contribution in [3.05, 3.63) is 76.8 Å². The summed E-state index contributed by atoms with van der Waals surface area (Å²) in [5.74, 6) is 0.0604. The zero-order chi connectivity index (χ0) is 21.1. The molecule has 0 atom stereocenters. The first-order valence-electron chi connectivity index (χ1n) is 10.0. The van der Waals surface area contributed by atoms with Crippen LogP contribution in [0, 0.1) is 6.92 Å². The lowest BCUT2D eigenvalue weighted by atomic mass is 10.1. The fourth-order valence-corrected chi connectivity index (χ4v) is 5.05. The highest BCUT2D eigenvalue weighted by Gasteiger charge is 2.27. The van der Waals surface area contributed by atoms with Gasteiger partial charge in [0.2, 0.25) is 10.0 Å². The van der Waals surface area contributed by atoms with Gasteiger partial charge in [-0.15, -0.1) is 0 Å². The normalized spacial score (nSPS) is 16.4. The van der Waals surface area contributed by atoms with Crippen molar-refractivity contribution in [1.82, 2.24) is 14.2 Å². The minimum absolute atomic E-state index is 0.0604. The second-order valence-electron chi connectivity index (χ2n) is 7.53. The molecule has 1 aromatic heterocycles. The van der Waals surface area contributed by atoms with Crippen LogP contribution in [0.1, 0.15) is 21.6 Å². The zero-order valence-corrected chi connectivity index (χ0v) is 17.7. The lowest BCUT2D eigenvalue weighted by molar-refractivity contribution is 0.0903. The van der Waals surface area contributed by atoms with Crippen molar-refractivity contribution in [3.8, 4) is 0 Å². The third kappa shape index (κ3) is 4.38. The predicted molar refractivity (Wildman–Crippen MR) is 120 cm³/mol. The van der Waals surface area contributed by atoms with E-state index in [1.54, 1.807) is 6.08 Å². The summed E-state index contributed by atoms with van der Waals surface area (Å²) in [6.07, 6.45) is 1.62. The van der Waals surface area contributed by atoms with Crippen LogP contribution in [-0.4, -0.2) is 61.1 Å². The first-order valence-corrected chi connectivity index (χ1v) is 11.5. The Morgan fingerprint density at radius 1 is 1.00 bits per heavy atom. The van der Waals surface area contributed by atoms with Crippen molar-refractivity contribution in [3.63, 3.8) is 0 Å². The van der Waals surface area contributed by atoms with Gasteiger partial charge in [-0.25, -0.2) is 8.42 Å². The molecule has 0 bridgehead atoms. The van der Waals surface area contributed by atoms with Gasteiger partial charge in [0, 0.05) is 53.7 Å². The molecule has 30 heavy (non-hydrogen) atoms. The van der Waals surface area contributed by atoms with E-state index in [-0.39, 0.29) is 12.3 Å². The van der Waals surface area contributed by atoms with E-state index in [4.69, 9.17) is 0 Å². The Morgan fingerprint density at radius 3 is 2.40 bits per heavy atom. The first kappa shape index (κ1) is 20.5. The molecule has 0 spiro atoms. The highest BCUT2D eigenvalue weighted by molar-refractivity contribution is 7.92. The van der Waals surface area contributed by atoms with Crippen LogP contribution in [0.4, 0.5) is 0 Å². The summed E-state index contributed by atoms with van der Waals surface area (Å²) in [4.78, 5) is 18.2. The summed E-state index contributed by atoms with van der Waals surface area (Å²) < 4.78 is 26.7. The van der Waals surface area contributed by atoms with Crippen molar-refractivity contribution >= 4 is 32.8 Å². The van der Waals surface area contributed by atoms with Gasteiger partial charge in [-0.2, -0.15) is 4.31 Å². The molecule has 0 radical (unpaired) electrons. The van der Waals surface area contributed by atoms with E-state index < -0.39 is 10.0 Å². The molecule has 0 amide bonds. The molecule has 1 fully saturated rings. The molecule has 1 aliphatic heterocycles. The fourth-order valence-electron chi connectivity index (χ4n) is 3.87. The van der Waals surface area contributed by atoms with Crippen molar-refractivity contribution in [1.29, 1.82) is 0 Å².